The number of thiazole rings is 1. The Hall–Kier alpha value is -3.19. The number of nitrogens with one attached hydrogen (secondary N) is 2. The summed E-state index contributed by atoms with van der Waals surface area (Å²) in [6, 6.07) is 17.3. The van der Waals surface area contributed by atoms with Crippen molar-refractivity contribution < 1.29 is 14.7 Å². The highest BCUT2D eigenvalue weighted by molar-refractivity contribution is 7.09. The van der Waals surface area contributed by atoms with Gasteiger partial charge >= 0.3 is 11.9 Å². The van der Waals surface area contributed by atoms with E-state index in [2.05, 4.69) is 39.9 Å². The summed E-state index contributed by atoms with van der Waals surface area (Å²) in [4.78, 5) is 26.2. The molecule has 7 heteroatoms. The van der Waals surface area contributed by atoms with Crippen LogP contribution in [0.2, 0.25) is 0 Å². The minimum atomic E-state index is -1.49. The van der Waals surface area contributed by atoms with Gasteiger partial charge < -0.3 is 15.7 Å². The van der Waals surface area contributed by atoms with Crippen LogP contribution in [0.4, 0.5) is 5.69 Å². The number of rotatable bonds is 8. The second-order valence-electron chi connectivity index (χ2n) is 8.44. The highest BCUT2D eigenvalue weighted by Crippen LogP contribution is 2.32. The minimum absolute atomic E-state index is 0.108. The van der Waals surface area contributed by atoms with E-state index >= 15 is 0 Å². The molecule has 6 nitrogen and oxygen atoms in total. The van der Waals surface area contributed by atoms with Crippen molar-refractivity contribution >= 4 is 28.9 Å². The quantitative estimate of drug-likeness (QED) is 0.399. The maximum atomic E-state index is 11.1. The van der Waals surface area contributed by atoms with Crippen LogP contribution >= 0.6 is 11.3 Å². The number of anilines is 1. The van der Waals surface area contributed by atoms with Gasteiger partial charge in [0.2, 0.25) is 0 Å². The molecule has 1 fully saturated rings. The molecule has 1 aliphatic carbocycles. The van der Waals surface area contributed by atoms with Crippen LogP contribution in [0.3, 0.4) is 0 Å². The van der Waals surface area contributed by atoms with Crippen molar-refractivity contribution in [3.8, 4) is 11.3 Å². The standard InChI is InChI=1S/C26H29N3O3S/c30-25(26(31)32)28-16-24-29-23(17-33-24)21-10-12-22(13-11-21)27-15-14-18-6-8-20(9-7-18)19-4-2-1-3-5-19/h6-13,17,19,27H,1-5,14-16H2,(H,28,30)(H,31,32). The first-order chi connectivity index (χ1) is 16.1. The van der Waals surface area contributed by atoms with E-state index in [9.17, 15) is 9.59 Å². The summed E-state index contributed by atoms with van der Waals surface area (Å²) in [5.74, 6) is -1.77. The molecule has 3 aromatic rings. The summed E-state index contributed by atoms with van der Waals surface area (Å²) in [5.41, 5.74) is 5.69. The van der Waals surface area contributed by atoms with Crippen LogP contribution in [-0.4, -0.2) is 28.5 Å². The molecular weight excluding hydrogens is 434 g/mol. The molecule has 3 N–H and O–H groups in total. The molecule has 1 aromatic heterocycles. The molecule has 0 radical (unpaired) electrons. The van der Waals surface area contributed by atoms with Crippen molar-refractivity contribution in [3.63, 3.8) is 0 Å². The number of aliphatic carboxylic acids is 1. The monoisotopic (exact) mass is 463 g/mol. The van der Waals surface area contributed by atoms with Crippen molar-refractivity contribution in [1.29, 1.82) is 0 Å². The molecule has 1 saturated carbocycles. The molecule has 33 heavy (non-hydrogen) atoms. The Morgan fingerprint density at radius 2 is 1.73 bits per heavy atom. The van der Waals surface area contributed by atoms with Crippen LogP contribution in [0, 0.1) is 0 Å². The maximum absolute atomic E-state index is 11.1. The predicted octanol–water partition coefficient (Wildman–Crippen LogP) is 5.21. The fourth-order valence-electron chi connectivity index (χ4n) is 4.26. The van der Waals surface area contributed by atoms with Gasteiger partial charge in [-0.05, 0) is 48.4 Å². The number of hydrogen-bond donors (Lipinski definition) is 3. The summed E-state index contributed by atoms with van der Waals surface area (Å²) < 4.78 is 0. The van der Waals surface area contributed by atoms with E-state index in [1.807, 2.05) is 29.6 Å². The first-order valence-corrected chi connectivity index (χ1v) is 12.3. The number of nitrogens with zero attached hydrogens (tertiary/aromatic N) is 1. The van der Waals surface area contributed by atoms with Crippen LogP contribution in [0.5, 0.6) is 0 Å². The molecule has 4 rings (SSSR count). The van der Waals surface area contributed by atoms with Gasteiger partial charge in [-0.15, -0.1) is 11.3 Å². The molecule has 0 atom stereocenters. The van der Waals surface area contributed by atoms with Gasteiger partial charge in [0.25, 0.3) is 0 Å². The summed E-state index contributed by atoms with van der Waals surface area (Å²) >= 11 is 1.39. The number of hydrogen-bond acceptors (Lipinski definition) is 5. The third-order valence-corrected chi connectivity index (χ3v) is 6.97. The summed E-state index contributed by atoms with van der Waals surface area (Å²) in [6.07, 6.45) is 7.76. The van der Waals surface area contributed by atoms with E-state index in [4.69, 9.17) is 5.11 Å². The van der Waals surface area contributed by atoms with Gasteiger partial charge in [0.05, 0.1) is 12.2 Å². The van der Waals surface area contributed by atoms with E-state index in [-0.39, 0.29) is 6.54 Å². The normalized spacial score (nSPS) is 14.1. The van der Waals surface area contributed by atoms with E-state index in [1.165, 1.54) is 54.6 Å². The first kappa shape index (κ1) is 23.0. The molecule has 1 aliphatic rings. The largest absolute Gasteiger partial charge is 0.474 e. The van der Waals surface area contributed by atoms with Crippen LogP contribution in [0.25, 0.3) is 11.3 Å². The molecule has 0 saturated heterocycles. The second kappa shape index (κ2) is 11.1. The van der Waals surface area contributed by atoms with Crippen molar-refractivity contribution in [2.45, 2.75) is 51.0 Å². The average Bonchev–Trinajstić information content (AvgIpc) is 3.33. The summed E-state index contributed by atoms with van der Waals surface area (Å²) in [5, 5.41) is 17.0. The predicted molar refractivity (Wildman–Crippen MR) is 131 cm³/mol. The van der Waals surface area contributed by atoms with E-state index in [0.29, 0.717) is 5.01 Å². The van der Waals surface area contributed by atoms with Crippen molar-refractivity contribution in [2.24, 2.45) is 0 Å². The lowest BCUT2D eigenvalue weighted by atomic mass is 9.84. The number of amides is 1. The number of carboxylic acids is 1. The molecule has 1 amide bonds. The van der Waals surface area contributed by atoms with Gasteiger partial charge in [-0.2, -0.15) is 0 Å². The van der Waals surface area contributed by atoms with Crippen molar-refractivity contribution in [1.82, 2.24) is 10.3 Å². The number of benzene rings is 2. The number of carbonyl (C=O) groups is 2. The highest BCUT2D eigenvalue weighted by atomic mass is 32.1. The van der Waals surface area contributed by atoms with Gasteiger partial charge in [-0.25, -0.2) is 9.78 Å². The molecule has 0 bridgehead atoms. The van der Waals surface area contributed by atoms with Gasteiger partial charge in [-0.3, -0.25) is 4.79 Å². The Bertz CT molecular complexity index is 1070. The zero-order chi connectivity index (χ0) is 23.0. The Labute approximate surface area is 198 Å². The second-order valence-corrected chi connectivity index (χ2v) is 9.39. The van der Waals surface area contributed by atoms with Gasteiger partial charge in [-0.1, -0.05) is 55.7 Å². The van der Waals surface area contributed by atoms with Crippen LogP contribution in [-0.2, 0) is 22.6 Å². The Morgan fingerprint density at radius 1 is 1.00 bits per heavy atom. The fourth-order valence-corrected chi connectivity index (χ4v) is 5.00. The first-order valence-electron chi connectivity index (χ1n) is 11.5. The topological polar surface area (TPSA) is 91.3 Å². The molecule has 0 spiro atoms. The van der Waals surface area contributed by atoms with E-state index < -0.39 is 11.9 Å². The minimum Gasteiger partial charge on any atom is -0.474 e. The van der Waals surface area contributed by atoms with Crippen LogP contribution in [0.1, 0.15) is 54.2 Å². The van der Waals surface area contributed by atoms with Crippen molar-refractivity contribution in [2.75, 3.05) is 11.9 Å². The molecule has 172 valence electrons. The lowest BCUT2D eigenvalue weighted by Crippen LogP contribution is -2.29. The fraction of sp³-hybridized carbons (Fsp3) is 0.346. The average molecular weight is 464 g/mol. The Morgan fingerprint density at radius 3 is 2.42 bits per heavy atom. The molecule has 2 aromatic carbocycles. The van der Waals surface area contributed by atoms with Crippen LogP contribution in [0.15, 0.2) is 53.9 Å². The Balaban J connectivity index is 1.24. The Kier molecular flexibility index (Phi) is 7.73. The third-order valence-electron chi connectivity index (χ3n) is 6.13. The maximum Gasteiger partial charge on any atom is 0.394 e. The highest BCUT2D eigenvalue weighted by Gasteiger charge is 2.15. The smallest absolute Gasteiger partial charge is 0.394 e. The van der Waals surface area contributed by atoms with E-state index in [0.717, 1.165) is 35.8 Å². The van der Waals surface area contributed by atoms with Crippen LogP contribution < -0.4 is 10.6 Å². The number of aromatic nitrogens is 1. The lowest BCUT2D eigenvalue weighted by molar-refractivity contribution is -0.150. The lowest BCUT2D eigenvalue weighted by Gasteiger charge is -2.22. The zero-order valence-electron chi connectivity index (χ0n) is 18.5. The molecule has 0 unspecified atom stereocenters. The third kappa shape index (κ3) is 6.42. The molecule has 0 aliphatic heterocycles. The zero-order valence-corrected chi connectivity index (χ0v) is 19.4. The van der Waals surface area contributed by atoms with Crippen molar-refractivity contribution in [3.05, 3.63) is 70.0 Å². The van der Waals surface area contributed by atoms with Gasteiger partial charge in [0.15, 0.2) is 0 Å². The number of carbonyl (C=O) groups excluding carboxylic acids is 1. The van der Waals surface area contributed by atoms with Gasteiger partial charge in [0.1, 0.15) is 5.01 Å². The molecular formula is C26H29N3O3S. The summed E-state index contributed by atoms with van der Waals surface area (Å²) in [7, 11) is 0. The SMILES string of the molecule is O=C(O)C(=O)NCc1nc(-c2ccc(NCCc3ccc(C4CCCCC4)cc3)cc2)cs1. The van der Waals surface area contributed by atoms with Gasteiger partial charge in [0, 0.05) is 23.2 Å². The number of carboxylic acid groups (broad SMARTS) is 1. The molecule has 1 heterocycles. The summed E-state index contributed by atoms with van der Waals surface area (Å²) in [6.45, 7) is 0.976. The van der Waals surface area contributed by atoms with E-state index in [1.54, 1.807) is 0 Å².